The zero-order valence-corrected chi connectivity index (χ0v) is 19.3. The maximum atomic E-state index is 14.9. The maximum Gasteiger partial charge on any atom is 0.456 e. The summed E-state index contributed by atoms with van der Waals surface area (Å²) in [6, 6.07) is 6.63. The smallest absolute Gasteiger partial charge is 0.383 e. The average Bonchev–Trinajstić information content (AvgIpc) is 3.09. The van der Waals surface area contributed by atoms with E-state index in [0.29, 0.717) is 43.1 Å². The molecule has 5 atom stereocenters. The van der Waals surface area contributed by atoms with Gasteiger partial charge >= 0.3 is 12.1 Å². The Morgan fingerprint density at radius 1 is 1.03 bits per heavy atom. The summed E-state index contributed by atoms with van der Waals surface area (Å²) in [7, 11) is 0. The number of hydrogen-bond acceptors (Lipinski definition) is 3. The first-order valence-electron chi connectivity index (χ1n) is 12.0. The van der Waals surface area contributed by atoms with Gasteiger partial charge in [0.2, 0.25) is 0 Å². The molecule has 1 aromatic rings. The minimum atomic E-state index is -5.87. The number of alkyl halides is 5. The molecule has 0 bridgehead atoms. The predicted molar refractivity (Wildman–Crippen MR) is 118 cm³/mol. The van der Waals surface area contributed by atoms with Crippen LogP contribution in [0.25, 0.3) is 0 Å². The molecule has 2 saturated carbocycles. The van der Waals surface area contributed by atoms with E-state index in [1.807, 2.05) is 0 Å². The van der Waals surface area contributed by atoms with E-state index in [1.165, 1.54) is 6.92 Å². The van der Waals surface area contributed by atoms with Crippen molar-refractivity contribution in [2.45, 2.75) is 75.5 Å². The van der Waals surface area contributed by atoms with Crippen LogP contribution in [0.3, 0.4) is 0 Å². The second kappa shape index (κ2) is 7.82. The molecule has 1 N–H and O–H groups in total. The Labute approximate surface area is 200 Å². The van der Waals surface area contributed by atoms with Crippen LogP contribution in [-0.4, -0.2) is 34.9 Å². The van der Waals surface area contributed by atoms with Crippen molar-refractivity contribution >= 4 is 12.1 Å². The third-order valence-corrected chi connectivity index (χ3v) is 9.24. The third kappa shape index (κ3) is 3.31. The Hall–Kier alpha value is -2.35. The summed E-state index contributed by atoms with van der Waals surface area (Å²) in [4.78, 5) is 23.2. The van der Waals surface area contributed by atoms with Gasteiger partial charge in [0.1, 0.15) is 11.9 Å². The van der Waals surface area contributed by atoms with Gasteiger partial charge < -0.3 is 5.11 Å². The van der Waals surface area contributed by atoms with Gasteiger partial charge in [0.15, 0.2) is 5.78 Å². The van der Waals surface area contributed by atoms with E-state index in [-0.39, 0.29) is 24.5 Å². The monoisotopic (exact) mass is 494 g/mol. The second-order valence-electron chi connectivity index (χ2n) is 10.8. The second-order valence-corrected chi connectivity index (χ2v) is 10.8. The first-order chi connectivity index (χ1) is 16.3. The topological polar surface area (TPSA) is 54.4 Å². The normalized spacial score (nSPS) is 35.2. The molecular formula is C27H27F5O3. The van der Waals surface area contributed by atoms with Crippen molar-refractivity contribution in [3.05, 3.63) is 58.2 Å². The van der Waals surface area contributed by atoms with Crippen LogP contribution in [0, 0.1) is 17.3 Å². The number of carbonyl (C=O) groups is 2. The van der Waals surface area contributed by atoms with E-state index in [4.69, 9.17) is 0 Å². The van der Waals surface area contributed by atoms with E-state index in [1.54, 1.807) is 30.3 Å². The van der Waals surface area contributed by atoms with Crippen molar-refractivity contribution in [2.24, 2.45) is 17.3 Å². The lowest BCUT2D eigenvalue weighted by Gasteiger charge is -2.56. The largest absolute Gasteiger partial charge is 0.456 e. The minimum absolute atomic E-state index is 0.0374. The molecule has 5 rings (SSSR count). The standard InChI is InChI=1S/C27H27F5O3/c1-24-13-21(16-4-2-15(14-33)3-5-16)23-19-9-7-18(34)12-17(19)6-8-20(23)22(24)10-11-25(24,35)26(28,29)27(30,31)32/h2-5,12,14,20-22,35H,6-11,13H2,1H3/t20?,21?,22?,24-,25?/m0/s1. The van der Waals surface area contributed by atoms with E-state index >= 15 is 0 Å². The molecular weight excluding hydrogens is 467 g/mol. The third-order valence-electron chi connectivity index (χ3n) is 9.24. The molecule has 0 saturated heterocycles. The molecule has 0 heterocycles. The molecule has 3 nitrogen and oxygen atoms in total. The average molecular weight is 495 g/mol. The summed E-state index contributed by atoms with van der Waals surface area (Å²) in [5.41, 5.74) is -0.804. The SMILES string of the molecule is C[C@]12CC(c3ccc(C=O)cc3)C3=C4CCC(=O)C=C4CCC3C1CCC2(O)C(F)(F)C(F)(F)F. The molecule has 188 valence electrons. The lowest BCUT2D eigenvalue weighted by Crippen LogP contribution is -2.65. The molecule has 0 spiro atoms. The number of aldehydes is 1. The molecule has 0 aliphatic heterocycles. The van der Waals surface area contributed by atoms with E-state index in [2.05, 4.69) is 0 Å². The highest BCUT2D eigenvalue weighted by Gasteiger charge is 2.79. The number of hydrogen-bond donors (Lipinski definition) is 1. The van der Waals surface area contributed by atoms with Gasteiger partial charge in [0.25, 0.3) is 0 Å². The van der Waals surface area contributed by atoms with Crippen LogP contribution < -0.4 is 0 Å². The number of carbonyl (C=O) groups excluding carboxylic acids is 2. The summed E-state index contributed by atoms with van der Waals surface area (Å²) in [6.45, 7) is 1.40. The predicted octanol–water partition coefficient (Wildman–Crippen LogP) is 6.33. The highest BCUT2D eigenvalue weighted by molar-refractivity contribution is 5.93. The van der Waals surface area contributed by atoms with E-state index < -0.39 is 41.4 Å². The molecule has 0 aromatic heterocycles. The van der Waals surface area contributed by atoms with Crippen LogP contribution in [0.1, 0.15) is 73.7 Å². The highest BCUT2D eigenvalue weighted by atomic mass is 19.4. The fourth-order valence-electron chi connectivity index (χ4n) is 7.52. The molecule has 8 heteroatoms. The van der Waals surface area contributed by atoms with Crippen LogP contribution in [0.15, 0.2) is 47.1 Å². The van der Waals surface area contributed by atoms with E-state index in [9.17, 15) is 36.6 Å². The van der Waals surface area contributed by atoms with Crippen molar-refractivity contribution in [3.63, 3.8) is 0 Å². The first kappa shape index (κ1) is 24.3. The van der Waals surface area contributed by atoms with Gasteiger partial charge in [-0.3, -0.25) is 9.59 Å². The van der Waals surface area contributed by atoms with Crippen LogP contribution >= 0.6 is 0 Å². The van der Waals surface area contributed by atoms with Crippen LogP contribution in [-0.2, 0) is 4.79 Å². The van der Waals surface area contributed by atoms with E-state index in [0.717, 1.165) is 16.7 Å². The Morgan fingerprint density at radius 3 is 2.34 bits per heavy atom. The number of halogens is 5. The molecule has 0 radical (unpaired) electrons. The van der Waals surface area contributed by atoms with Crippen LogP contribution in [0.5, 0.6) is 0 Å². The van der Waals surface area contributed by atoms with Crippen molar-refractivity contribution < 1.29 is 36.6 Å². The number of allylic oxidation sites excluding steroid dienone is 4. The quantitative estimate of drug-likeness (QED) is 0.395. The Bertz CT molecular complexity index is 1130. The lowest BCUT2D eigenvalue weighted by atomic mass is 9.50. The van der Waals surface area contributed by atoms with Gasteiger partial charge in [-0.1, -0.05) is 36.8 Å². The Morgan fingerprint density at radius 2 is 1.71 bits per heavy atom. The van der Waals surface area contributed by atoms with Crippen LogP contribution in [0.2, 0.25) is 0 Å². The van der Waals surface area contributed by atoms with Gasteiger partial charge in [-0.05, 0) is 73.1 Å². The molecule has 2 fully saturated rings. The summed E-state index contributed by atoms with van der Waals surface area (Å²) in [6.07, 6.45) is -2.21. The summed E-state index contributed by atoms with van der Waals surface area (Å²) in [5, 5.41) is 11.2. The van der Waals surface area contributed by atoms with Gasteiger partial charge in [-0.25, -0.2) is 0 Å². The molecule has 1 aromatic carbocycles. The zero-order valence-electron chi connectivity index (χ0n) is 19.3. The maximum absolute atomic E-state index is 14.9. The molecule has 4 aliphatic rings. The minimum Gasteiger partial charge on any atom is -0.383 e. The lowest BCUT2D eigenvalue weighted by molar-refractivity contribution is -0.362. The first-order valence-corrected chi connectivity index (χ1v) is 12.0. The fourth-order valence-corrected chi connectivity index (χ4v) is 7.52. The van der Waals surface area contributed by atoms with Crippen LogP contribution in [0.4, 0.5) is 22.0 Å². The van der Waals surface area contributed by atoms with Gasteiger partial charge in [-0.2, -0.15) is 22.0 Å². The number of benzene rings is 1. The summed E-state index contributed by atoms with van der Waals surface area (Å²) >= 11 is 0. The Balaban J connectivity index is 1.69. The van der Waals surface area contributed by atoms with Crippen molar-refractivity contribution in [3.8, 4) is 0 Å². The Kier molecular flexibility index (Phi) is 5.44. The van der Waals surface area contributed by atoms with Crippen molar-refractivity contribution in [1.82, 2.24) is 0 Å². The molecule has 35 heavy (non-hydrogen) atoms. The number of aliphatic hydroxyl groups is 1. The molecule has 4 unspecified atom stereocenters. The fraction of sp³-hybridized carbons (Fsp3) is 0.556. The van der Waals surface area contributed by atoms with Gasteiger partial charge in [0, 0.05) is 23.3 Å². The van der Waals surface area contributed by atoms with Crippen molar-refractivity contribution in [2.75, 3.05) is 0 Å². The summed E-state index contributed by atoms with van der Waals surface area (Å²) < 4.78 is 70.5. The van der Waals surface area contributed by atoms with Gasteiger partial charge in [-0.15, -0.1) is 0 Å². The molecule has 4 aliphatic carbocycles. The number of fused-ring (bicyclic) bond motifs is 4. The number of ketones is 1. The summed E-state index contributed by atoms with van der Waals surface area (Å²) in [5.74, 6) is -6.51. The van der Waals surface area contributed by atoms with Crippen molar-refractivity contribution in [1.29, 1.82) is 0 Å². The van der Waals surface area contributed by atoms with Gasteiger partial charge in [0.05, 0.1) is 0 Å². The molecule has 0 amide bonds. The highest BCUT2D eigenvalue weighted by Crippen LogP contribution is 2.70. The number of rotatable bonds is 3. The zero-order chi connectivity index (χ0) is 25.4.